The van der Waals surface area contributed by atoms with Crippen LogP contribution in [0.2, 0.25) is 0 Å². The number of hydrogen-bond donors (Lipinski definition) is 2. The summed E-state index contributed by atoms with van der Waals surface area (Å²) in [5.41, 5.74) is -2.50. The largest absolute Gasteiger partial charge is 0.515 e. The Morgan fingerprint density at radius 1 is 1.25 bits per heavy atom. The van der Waals surface area contributed by atoms with E-state index in [-0.39, 0.29) is 48.6 Å². The smallest absolute Gasteiger partial charge is 0.428 e. The maximum atomic E-state index is 16.0. The van der Waals surface area contributed by atoms with Crippen molar-refractivity contribution in [3.8, 4) is 5.88 Å². The van der Waals surface area contributed by atoms with E-state index in [4.69, 9.17) is 18.7 Å². The maximum Gasteiger partial charge on any atom is 0.515 e. The van der Waals surface area contributed by atoms with Gasteiger partial charge in [0.2, 0.25) is 17.4 Å². The molecule has 194 valence electrons. The third-order valence-corrected chi connectivity index (χ3v) is 6.50. The number of carbonyl (C=O) groups excluding carboxylic acids is 4. The molecule has 2 fully saturated rings. The highest BCUT2D eigenvalue weighted by Crippen LogP contribution is 2.49. The highest BCUT2D eigenvalue weighted by Gasteiger charge is 2.63. The summed E-state index contributed by atoms with van der Waals surface area (Å²) in [7, 11) is 0. The average molecular weight is 506 g/mol. The molecule has 3 aliphatic rings. The Hall–Kier alpha value is -3.74. The summed E-state index contributed by atoms with van der Waals surface area (Å²) in [6.07, 6.45) is -2.33. The molecule has 1 spiro atoms. The first kappa shape index (κ1) is 24.0. The number of benzene rings is 1. The number of carbonyl (C=O) groups is 4. The molecule has 5 rings (SSSR count). The van der Waals surface area contributed by atoms with Gasteiger partial charge in [0.15, 0.2) is 11.2 Å². The predicted molar refractivity (Wildman–Crippen MR) is 122 cm³/mol. The molecule has 0 bridgehead atoms. The van der Waals surface area contributed by atoms with Crippen LogP contribution < -0.4 is 20.3 Å². The lowest BCUT2D eigenvalue weighted by atomic mass is 9.66. The molecule has 2 aromatic rings. The molecule has 3 atom stereocenters. The third-order valence-electron chi connectivity index (χ3n) is 6.50. The summed E-state index contributed by atoms with van der Waals surface area (Å²) in [4.78, 5) is 52.1. The number of urea groups is 1. The van der Waals surface area contributed by atoms with Crippen LogP contribution in [0.15, 0.2) is 10.6 Å². The highest BCUT2D eigenvalue weighted by atomic mass is 19.1. The fraction of sp³-hybridized carbons (Fsp3) is 0.522. The van der Waals surface area contributed by atoms with Crippen LogP contribution in [-0.2, 0) is 25.5 Å². The van der Waals surface area contributed by atoms with E-state index in [1.165, 1.54) is 6.07 Å². The van der Waals surface area contributed by atoms with Crippen LogP contribution in [0, 0.1) is 11.2 Å². The van der Waals surface area contributed by atoms with Gasteiger partial charge in [-0.25, -0.2) is 14.0 Å². The van der Waals surface area contributed by atoms with E-state index in [0.29, 0.717) is 0 Å². The van der Waals surface area contributed by atoms with E-state index in [0.717, 1.165) is 0 Å². The summed E-state index contributed by atoms with van der Waals surface area (Å²) < 4.78 is 37.4. The van der Waals surface area contributed by atoms with Gasteiger partial charge >= 0.3 is 12.2 Å². The van der Waals surface area contributed by atoms with Crippen LogP contribution in [0.25, 0.3) is 11.0 Å². The van der Waals surface area contributed by atoms with Crippen molar-refractivity contribution in [2.45, 2.75) is 64.9 Å². The topological polar surface area (TPSA) is 149 Å². The molecule has 1 aromatic heterocycles. The van der Waals surface area contributed by atoms with E-state index < -0.39 is 53.0 Å². The summed E-state index contributed by atoms with van der Waals surface area (Å²) in [5, 5.41) is 8.05. The first-order valence-electron chi connectivity index (χ1n) is 11.4. The zero-order chi connectivity index (χ0) is 26.2. The number of nitrogens with one attached hydrogen (secondary N) is 2. The molecule has 0 aliphatic carbocycles. The van der Waals surface area contributed by atoms with Gasteiger partial charge in [-0.2, -0.15) is 0 Å². The predicted octanol–water partition coefficient (Wildman–Crippen LogP) is 2.42. The standard InChI is InChI=1S/C23H25FN4O8.H2/c1-9-8-28-14-11(7-23(16(28)10(2)33-9)18(29)25-20(31)26-19(23)30)6-12-15(13(14)24)36-27-17(12)34-21(32)35-22(3,4)5;/h6,9-10,16H,7-8H2,1-5H3,(H2,25,26,29,30,31);1H/t9-,10+,16-;/m1./s1. The maximum absolute atomic E-state index is 16.0. The summed E-state index contributed by atoms with van der Waals surface area (Å²) in [6, 6.07) is -0.384. The van der Waals surface area contributed by atoms with Crippen LogP contribution in [0.5, 0.6) is 5.88 Å². The van der Waals surface area contributed by atoms with Crippen molar-refractivity contribution in [3.05, 3.63) is 17.4 Å². The number of fused-ring (bicyclic) bond motifs is 5. The lowest BCUT2D eigenvalue weighted by molar-refractivity contribution is -0.153. The number of nitrogens with zero attached hydrogens (tertiary/aromatic N) is 2. The second-order valence-electron chi connectivity index (χ2n) is 10.3. The van der Waals surface area contributed by atoms with Crippen molar-refractivity contribution in [1.82, 2.24) is 15.8 Å². The number of halogens is 1. The Kier molecular flexibility index (Phi) is 5.25. The summed E-state index contributed by atoms with van der Waals surface area (Å²) in [6.45, 7) is 8.59. The number of morpholine rings is 1. The second kappa shape index (κ2) is 7.88. The van der Waals surface area contributed by atoms with Crippen LogP contribution >= 0.6 is 0 Å². The number of hydrogen-bond acceptors (Lipinski definition) is 10. The molecule has 2 N–H and O–H groups in total. The minimum absolute atomic E-state index is 0. The van der Waals surface area contributed by atoms with Crippen molar-refractivity contribution in [2.24, 2.45) is 5.41 Å². The summed E-state index contributed by atoms with van der Waals surface area (Å²) in [5.74, 6) is -2.73. The molecule has 4 heterocycles. The van der Waals surface area contributed by atoms with E-state index >= 15 is 4.39 Å². The van der Waals surface area contributed by atoms with Gasteiger partial charge in [0.1, 0.15) is 5.60 Å². The lowest BCUT2D eigenvalue weighted by Crippen LogP contribution is -2.75. The average Bonchev–Trinajstić information content (AvgIpc) is 3.12. The molecule has 2 saturated heterocycles. The van der Waals surface area contributed by atoms with Crippen LogP contribution in [0.1, 0.15) is 41.6 Å². The van der Waals surface area contributed by atoms with Crippen molar-refractivity contribution in [1.29, 1.82) is 0 Å². The third kappa shape index (κ3) is 3.56. The van der Waals surface area contributed by atoms with Crippen molar-refractivity contribution >= 4 is 40.7 Å². The Balaban J connectivity index is 0.00000320. The number of barbiturate groups is 1. The lowest BCUT2D eigenvalue weighted by Gasteiger charge is -2.55. The quantitative estimate of drug-likeness (QED) is 0.436. The minimum Gasteiger partial charge on any atom is -0.428 e. The molecule has 3 aliphatic heterocycles. The normalized spacial score (nSPS) is 25.2. The van der Waals surface area contributed by atoms with Gasteiger partial charge in [-0.1, -0.05) is 0 Å². The van der Waals surface area contributed by atoms with Gasteiger partial charge < -0.3 is 23.6 Å². The SMILES string of the molecule is C[C@@H]1CN2c3c(cc4c(OC(=O)OC(C)(C)C)noc4c3F)CC3(C(=O)NC(=O)NC3=O)[C@H]2[C@H](C)O1.[HH]. The second-order valence-corrected chi connectivity index (χ2v) is 10.3. The van der Waals surface area contributed by atoms with Gasteiger partial charge in [-0.15, -0.1) is 0 Å². The van der Waals surface area contributed by atoms with E-state index in [9.17, 15) is 19.2 Å². The number of rotatable bonds is 1. The number of ether oxygens (including phenoxy) is 3. The molecule has 0 radical (unpaired) electrons. The zero-order valence-electron chi connectivity index (χ0n) is 20.3. The van der Waals surface area contributed by atoms with Crippen LogP contribution in [0.3, 0.4) is 0 Å². The Morgan fingerprint density at radius 2 is 1.92 bits per heavy atom. The molecule has 0 saturated carbocycles. The molecule has 0 unspecified atom stereocenters. The Morgan fingerprint density at radius 3 is 2.56 bits per heavy atom. The number of amides is 4. The number of aromatic nitrogens is 1. The monoisotopic (exact) mass is 506 g/mol. The van der Waals surface area contributed by atoms with E-state index in [1.54, 1.807) is 39.5 Å². The van der Waals surface area contributed by atoms with Gasteiger partial charge in [-0.3, -0.25) is 20.2 Å². The number of anilines is 1. The summed E-state index contributed by atoms with van der Waals surface area (Å²) >= 11 is 0. The number of imide groups is 2. The molecular formula is C23H27FN4O8. The van der Waals surface area contributed by atoms with Crippen molar-refractivity contribution in [3.63, 3.8) is 0 Å². The van der Waals surface area contributed by atoms with Gasteiger partial charge in [0, 0.05) is 14.4 Å². The highest BCUT2D eigenvalue weighted by molar-refractivity contribution is 6.20. The molecular weight excluding hydrogens is 479 g/mol. The van der Waals surface area contributed by atoms with Gasteiger partial charge in [0.25, 0.3) is 5.88 Å². The van der Waals surface area contributed by atoms with Gasteiger partial charge in [-0.05, 0) is 51.4 Å². The molecule has 12 nitrogen and oxygen atoms in total. The Bertz CT molecular complexity index is 1300. The van der Waals surface area contributed by atoms with Crippen LogP contribution in [-0.4, -0.2) is 59.6 Å². The molecule has 4 amide bonds. The van der Waals surface area contributed by atoms with E-state index in [1.807, 2.05) is 0 Å². The fourth-order valence-electron chi connectivity index (χ4n) is 5.35. The van der Waals surface area contributed by atoms with Crippen LogP contribution in [0.4, 0.5) is 19.7 Å². The Labute approximate surface area is 205 Å². The first-order valence-corrected chi connectivity index (χ1v) is 11.4. The fourth-order valence-corrected chi connectivity index (χ4v) is 5.35. The van der Waals surface area contributed by atoms with E-state index in [2.05, 4.69) is 15.8 Å². The van der Waals surface area contributed by atoms with Crippen molar-refractivity contribution < 1.29 is 43.7 Å². The molecule has 13 heteroatoms. The molecule has 36 heavy (non-hydrogen) atoms. The molecule has 1 aromatic carbocycles. The first-order chi connectivity index (χ1) is 16.8. The van der Waals surface area contributed by atoms with Gasteiger partial charge in [0.05, 0.1) is 29.3 Å². The van der Waals surface area contributed by atoms with Crippen molar-refractivity contribution in [2.75, 3.05) is 11.4 Å². The minimum atomic E-state index is -1.79. The zero-order valence-corrected chi connectivity index (χ0v) is 20.3.